The molecule has 0 nitrogen and oxygen atoms in total. The fourth-order valence-corrected chi connectivity index (χ4v) is 11.8. The van der Waals surface area contributed by atoms with Crippen LogP contribution in [-0.2, 0) is 11.3 Å². The van der Waals surface area contributed by atoms with Crippen LogP contribution in [0.2, 0.25) is 0 Å². The summed E-state index contributed by atoms with van der Waals surface area (Å²) in [6.07, 6.45) is 1.06. The van der Waals surface area contributed by atoms with Gasteiger partial charge in [-0.2, -0.15) is 0 Å². The quantitative estimate of drug-likeness (QED) is 0.116. The maximum absolute atomic E-state index is 3.06. The van der Waals surface area contributed by atoms with E-state index >= 15 is 0 Å². The minimum absolute atomic E-state index is 0.205. The van der Waals surface area contributed by atoms with Gasteiger partial charge in [-0.3, -0.25) is 0 Å². The van der Waals surface area contributed by atoms with Crippen molar-refractivity contribution < 1.29 is 0 Å². The molecule has 0 N–H and O–H groups in total. The van der Waals surface area contributed by atoms with Gasteiger partial charge < -0.3 is 0 Å². The van der Waals surface area contributed by atoms with Crippen molar-refractivity contribution in [3.8, 4) is 0 Å². The molecule has 0 spiro atoms. The molecule has 0 aromatic heterocycles. The summed E-state index contributed by atoms with van der Waals surface area (Å²) in [5.74, 6) is 0. The van der Waals surface area contributed by atoms with E-state index in [2.05, 4.69) is 222 Å². The van der Waals surface area contributed by atoms with Crippen LogP contribution in [0.15, 0.2) is 212 Å². The topological polar surface area (TPSA) is 0 Å². The van der Waals surface area contributed by atoms with Crippen LogP contribution < -0.4 is 15.9 Å². The third-order valence-corrected chi connectivity index (χ3v) is 14.7. The van der Waals surface area contributed by atoms with E-state index in [1.165, 1.54) is 38.2 Å². The first kappa shape index (κ1) is 31.4. The van der Waals surface area contributed by atoms with Crippen molar-refractivity contribution in [2.45, 2.75) is 11.3 Å². The van der Waals surface area contributed by atoms with Gasteiger partial charge in [0.25, 0.3) is 0 Å². The molecule has 46 heavy (non-hydrogen) atoms. The van der Waals surface area contributed by atoms with Gasteiger partial charge in [0, 0.05) is 0 Å². The Morgan fingerprint density at radius 2 is 0.565 bits per heavy atom. The maximum atomic E-state index is 3.06. The predicted octanol–water partition coefficient (Wildman–Crippen LogP) is 9.77. The van der Waals surface area contributed by atoms with Gasteiger partial charge in [-0.05, 0) is 16.7 Å². The molecule has 1 atom stereocenters. The minimum atomic E-state index is -2.16. The van der Waals surface area contributed by atoms with E-state index in [0.29, 0.717) is 0 Å². The SMILES string of the molecule is PC(c1ccccc1)(c1ccccc1)c1ccccc1.c1ccc(C[PH](c2ccccc2)(c2ccccc2)c2ccccc2)cc1. The first-order valence-electron chi connectivity index (χ1n) is 15.9. The summed E-state index contributed by atoms with van der Waals surface area (Å²) < 4.78 is 0. The summed E-state index contributed by atoms with van der Waals surface area (Å²) >= 11 is 0. The zero-order valence-electron chi connectivity index (χ0n) is 26.0. The third-order valence-electron chi connectivity index (χ3n) is 8.80. The van der Waals surface area contributed by atoms with Crippen molar-refractivity contribution in [3.05, 3.63) is 235 Å². The second-order valence-electron chi connectivity index (χ2n) is 11.6. The number of benzene rings is 7. The fourth-order valence-electron chi connectivity index (χ4n) is 6.48. The molecule has 0 radical (unpaired) electrons. The molecule has 0 heterocycles. The Morgan fingerprint density at radius 3 is 0.848 bits per heavy atom. The first-order valence-corrected chi connectivity index (χ1v) is 18.7. The first-order chi connectivity index (χ1) is 22.7. The summed E-state index contributed by atoms with van der Waals surface area (Å²) in [6, 6.07) is 76.1. The van der Waals surface area contributed by atoms with Crippen molar-refractivity contribution in [2.24, 2.45) is 0 Å². The molecule has 0 aliphatic heterocycles. The van der Waals surface area contributed by atoms with E-state index in [0.717, 1.165) is 6.16 Å². The van der Waals surface area contributed by atoms with Crippen LogP contribution in [-0.4, -0.2) is 0 Å². The van der Waals surface area contributed by atoms with Crippen LogP contribution in [0.25, 0.3) is 0 Å². The van der Waals surface area contributed by atoms with Gasteiger partial charge in [-0.25, -0.2) is 0 Å². The monoisotopic (exact) mass is 630 g/mol. The molecule has 7 aromatic rings. The van der Waals surface area contributed by atoms with Crippen molar-refractivity contribution in [2.75, 3.05) is 0 Å². The fraction of sp³-hybridized carbons (Fsp3) is 0.0455. The summed E-state index contributed by atoms with van der Waals surface area (Å²) in [7, 11) is 0.895. The van der Waals surface area contributed by atoms with Gasteiger partial charge in [0.05, 0.1) is 5.16 Å². The van der Waals surface area contributed by atoms with E-state index < -0.39 is 7.26 Å². The van der Waals surface area contributed by atoms with Crippen LogP contribution in [0.1, 0.15) is 22.3 Å². The van der Waals surface area contributed by atoms with E-state index in [-0.39, 0.29) is 5.16 Å². The molecule has 0 aliphatic carbocycles. The molecular weight excluding hydrogens is 590 g/mol. The van der Waals surface area contributed by atoms with E-state index in [1.807, 2.05) is 0 Å². The summed E-state index contributed by atoms with van der Waals surface area (Å²) in [5.41, 5.74) is 5.24. The van der Waals surface area contributed by atoms with Crippen molar-refractivity contribution in [1.82, 2.24) is 0 Å². The molecule has 7 aromatic carbocycles. The normalized spacial score (nSPS) is 11.6. The molecule has 0 bridgehead atoms. The second kappa shape index (κ2) is 15.1. The van der Waals surface area contributed by atoms with Crippen LogP contribution in [0, 0.1) is 0 Å². The molecular formula is C44H40P2. The van der Waals surface area contributed by atoms with E-state index in [1.54, 1.807) is 0 Å². The molecule has 1 unspecified atom stereocenters. The molecule has 0 amide bonds. The van der Waals surface area contributed by atoms with Crippen LogP contribution >= 0.6 is 16.5 Å². The van der Waals surface area contributed by atoms with Gasteiger partial charge in [0.1, 0.15) is 0 Å². The number of rotatable bonds is 8. The summed E-state index contributed by atoms with van der Waals surface area (Å²) in [4.78, 5) is 0. The number of hydrogen-bond donors (Lipinski definition) is 0. The van der Waals surface area contributed by atoms with Crippen molar-refractivity contribution in [3.63, 3.8) is 0 Å². The Hall–Kier alpha value is -4.60. The van der Waals surface area contributed by atoms with Gasteiger partial charge in [0.15, 0.2) is 0 Å². The molecule has 0 fully saturated rings. The molecule has 0 aliphatic rings. The van der Waals surface area contributed by atoms with E-state index in [9.17, 15) is 0 Å². The van der Waals surface area contributed by atoms with Crippen LogP contribution in [0.3, 0.4) is 0 Å². The van der Waals surface area contributed by atoms with Gasteiger partial charge >= 0.3 is 156 Å². The van der Waals surface area contributed by atoms with Crippen LogP contribution in [0.5, 0.6) is 0 Å². The van der Waals surface area contributed by atoms with Crippen LogP contribution in [0.4, 0.5) is 0 Å². The Balaban J connectivity index is 0.000000167. The van der Waals surface area contributed by atoms with E-state index in [4.69, 9.17) is 0 Å². The average Bonchev–Trinajstić information content (AvgIpc) is 3.16. The van der Waals surface area contributed by atoms with Crippen molar-refractivity contribution >= 4 is 32.4 Å². The predicted molar refractivity (Wildman–Crippen MR) is 206 cm³/mol. The molecule has 226 valence electrons. The molecule has 2 heteroatoms. The Morgan fingerprint density at radius 1 is 0.326 bits per heavy atom. The summed E-state index contributed by atoms with van der Waals surface area (Å²) in [6.45, 7) is 0. The zero-order valence-corrected chi connectivity index (χ0v) is 28.1. The molecule has 0 saturated heterocycles. The van der Waals surface area contributed by atoms with Gasteiger partial charge in [-0.15, -0.1) is 9.24 Å². The second-order valence-corrected chi connectivity index (χ2v) is 16.3. The molecule has 0 saturated carbocycles. The van der Waals surface area contributed by atoms with Crippen molar-refractivity contribution in [1.29, 1.82) is 0 Å². The van der Waals surface area contributed by atoms with Gasteiger partial charge in [0.2, 0.25) is 0 Å². The third kappa shape index (κ3) is 6.80. The average molecular weight is 631 g/mol. The Kier molecular flexibility index (Phi) is 10.3. The Labute approximate surface area is 277 Å². The molecule has 7 rings (SSSR count). The van der Waals surface area contributed by atoms with Gasteiger partial charge in [-0.1, -0.05) is 91.0 Å². The zero-order chi connectivity index (χ0) is 31.5. The standard InChI is InChI=1S/C25H23P.C19H17P/c1-5-13-22(14-6-1)21-26(23-15-7-2-8-16-23,24-17-9-3-10-18-24)25-19-11-4-12-20-25;20-19(16-10-4-1-5-11-16,17-12-6-2-7-13-17)18-14-8-3-9-15-18/h1-20,26H,21H2;1-15H,20H2. The Bertz CT molecular complexity index is 1680. The number of hydrogen-bond acceptors (Lipinski definition) is 0. The summed E-state index contributed by atoms with van der Waals surface area (Å²) in [5, 5.41) is 4.17.